The Morgan fingerprint density at radius 2 is 1.57 bits per heavy atom. The fourth-order valence-corrected chi connectivity index (χ4v) is 3.63. The fraction of sp³-hybridized carbons (Fsp3) is 0.200. The largest absolute Gasteiger partial charge is 0.493 e. The Morgan fingerprint density at radius 1 is 0.900 bits per heavy atom. The van der Waals surface area contributed by atoms with E-state index in [9.17, 15) is 4.79 Å². The van der Waals surface area contributed by atoms with Crippen LogP contribution in [-0.4, -0.2) is 24.2 Å². The van der Waals surface area contributed by atoms with E-state index in [1.54, 1.807) is 20.4 Å². The maximum Gasteiger partial charge on any atom is 0.252 e. The zero-order valence-electron chi connectivity index (χ0n) is 16.7. The van der Waals surface area contributed by atoms with Crippen LogP contribution in [-0.2, 0) is 6.42 Å². The third-order valence-electron chi connectivity index (χ3n) is 5.11. The second-order valence-electron chi connectivity index (χ2n) is 6.94. The van der Waals surface area contributed by atoms with Gasteiger partial charge in [0.05, 0.1) is 14.2 Å². The van der Waals surface area contributed by atoms with Gasteiger partial charge in [0.2, 0.25) is 0 Å². The minimum atomic E-state index is -0.104. The Bertz CT molecular complexity index is 1230. The summed E-state index contributed by atoms with van der Waals surface area (Å²) in [6.07, 6.45) is 4.11. The first kappa shape index (κ1) is 21.1. The number of hydrogen-bond acceptors (Lipinski definition) is 4. The number of benzene rings is 2. The van der Waals surface area contributed by atoms with Gasteiger partial charge in [-0.2, -0.15) is 0 Å². The van der Waals surface area contributed by atoms with Crippen molar-refractivity contribution in [3.05, 3.63) is 88.1 Å². The molecular formula is C25H26N2O3. The normalized spacial score (nSPS) is 10.5. The quantitative estimate of drug-likeness (QED) is 0.502. The molecule has 2 heterocycles. The first-order chi connectivity index (χ1) is 14.1. The van der Waals surface area contributed by atoms with Crippen LogP contribution in [0, 0.1) is 6.92 Å². The molecule has 154 valence electrons. The summed E-state index contributed by atoms with van der Waals surface area (Å²) in [5.41, 5.74) is 4.46. The van der Waals surface area contributed by atoms with Gasteiger partial charge >= 0.3 is 0 Å². The third-order valence-corrected chi connectivity index (χ3v) is 5.11. The Kier molecular flexibility index (Phi) is 6.21. The van der Waals surface area contributed by atoms with E-state index in [4.69, 9.17) is 9.47 Å². The highest BCUT2D eigenvalue weighted by Gasteiger charge is 2.15. The van der Waals surface area contributed by atoms with Gasteiger partial charge in [-0.3, -0.25) is 9.78 Å². The van der Waals surface area contributed by atoms with E-state index in [0.717, 1.165) is 33.2 Å². The maximum absolute atomic E-state index is 12.8. The summed E-state index contributed by atoms with van der Waals surface area (Å²) in [7, 11) is 3.20. The molecule has 0 saturated carbocycles. The van der Waals surface area contributed by atoms with Crippen molar-refractivity contribution in [2.75, 3.05) is 14.2 Å². The molecule has 0 spiro atoms. The number of ether oxygens (including phenoxy) is 2. The summed E-state index contributed by atoms with van der Waals surface area (Å²) in [6, 6.07) is 15.9. The number of H-pyrrole nitrogens is 1. The summed E-state index contributed by atoms with van der Waals surface area (Å²) < 4.78 is 10.9. The number of rotatable bonds is 5. The second-order valence-corrected chi connectivity index (χ2v) is 6.94. The smallest absolute Gasteiger partial charge is 0.252 e. The molecule has 5 nitrogen and oxygen atoms in total. The number of methoxy groups -OCH3 is 2. The van der Waals surface area contributed by atoms with Crippen molar-refractivity contribution < 1.29 is 9.47 Å². The molecule has 0 aliphatic carbocycles. The molecule has 0 atom stereocenters. The van der Waals surface area contributed by atoms with Crippen molar-refractivity contribution >= 4 is 10.8 Å². The van der Waals surface area contributed by atoms with Gasteiger partial charge in [-0.25, -0.2) is 0 Å². The van der Waals surface area contributed by atoms with Crippen molar-refractivity contribution in [1.29, 1.82) is 0 Å². The van der Waals surface area contributed by atoms with E-state index in [1.807, 2.05) is 55.6 Å². The van der Waals surface area contributed by atoms with Gasteiger partial charge in [0, 0.05) is 41.0 Å². The van der Waals surface area contributed by atoms with Gasteiger partial charge in [-0.05, 0) is 41.6 Å². The van der Waals surface area contributed by atoms with Gasteiger partial charge < -0.3 is 14.5 Å². The van der Waals surface area contributed by atoms with Crippen LogP contribution in [0.25, 0.3) is 21.9 Å². The molecule has 30 heavy (non-hydrogen) atoms. The Balaban J connectivity index is 0.00000256. The van der Waals surface area contributed by atoms with Crippen LogP contribution in [0.2, 0.25) is 0 Å². The molecule has 2 aromatic carbocycles. The van der Waals surface area contributed by atoms with Crippen LogP contribution in [0.4, 0.5) is 0 Å². The number of nitrogens with one attached hydrogen (secondary N) is 1. The van der Waals surface area contributed by atoms with Crippen LogP contribution in [0.15, 0.2) is 65.7 Å². The lowest BCUT2D eigenvalue weighted by atomic mass is 9.97. The number of hydrogen-bond donors (Lipinski definition) is 1. The SMILES string of the molecule is C.COc1cc2c(C)[nH]c(=O)c(Cc3cncc(-c4ccccc4)c3)c2cc1OC. The lowest BCUT2D eigenvalue weighted by Crippen LogP contribution is -2.15. The minimum Gasteiger partial charge on any atom is -0.493 e. The molecule has 0 bridgehead atoms. The minimum absolute atomic E-state index is 0. The van der Waals surface area contributed by atoms with E-state index in [0.29, 0.717) is 23.5 Å². The summed E-state index contributed by atoms with van der Waals surface area (Å²) in [4.78, 5) is 20.2. The Hall–Kier alpha value is -3.60. The highest BCUT2D eigenvalue weighted by molar-refractivity contribution is 5.90. The molecule has 0 aliphatic heterocycles. The summed E-state index contributed by atoms with van der Waals surface area (Å²) in [5.74, 6) is 1.23. The van der Waals surface area contributed by atoms with E-state index in [1.165, 1.54) is 0 Å². The zero-order valence-corrected chi connectivity index (χ0v) is 16.7. The lowest BCUT2D eigenvalue weighted by Gasteiger charge is -2.13. The predicted molar refractivity (Wildman–Crippen MR) is 122 cm³/mol. The summed E-state index contributed by atoms with van der Waals surface area (Å²) in [6.45, 7) is 1.89. The van der Waals surface area contributed by atoms with Gasteiger partial charge in [-0.1, -0.05) is 37.8 Å². The highest BCUT2D eigenvalue weighted by Crippen LogP contribution is 2.34. The van der Waals surface area contributed by atoms with E-state index in [-0.39, 0.29) is 13.0 Å². The molecule has 0 amide bonds. The van der Waals surface area contributed by atoms with Gasteiger partial charge in [-0.15, -0.1) is 0 Å². The van der Waals surface area contributed by atoms with Crippen LogP contribution in [0.5, 0.6) is 11.5 Å². The second kappa shape index (κ2) is 8.82. The Morgan fingerprint density at radius 3 is 2.23 bits per heavy atom. The molecule has 4 aromatic rings. The number of aromatic nitrogens is 2. The maximum atomic E-state index is 12.8. The van der Waals surface area contributed by atoms with Crippen LogP contribution in [0.3, 0.4) is 0 Å². The number of aryl methyl sites for hydroxylation is 1. The molecular weight excluding hydrogens is 376 g/mol. The standard InChI is InChI=1S/C24H22N2O3.CH4/c1-15-19-11-22(28-2)23(29-3)12-20(19)21(24(27)26-15)10-16-9-18(14-25-13-16)17-7-5-4-6-8-17;/h4-9,11-14H,10H2,1-3H3,(H,26,27);1H4. The molecule has 5 heteroatoms. The van der Waals surface area contributed by atoms with Gasteiger partial charge in [0.15, 0.2) is 11.5 Å². The Labute approximate surface area is 176 Å². The van der Waals surface area contributed by atoms with E-state index in [2.05, 4.69) is 16.0 Å². The van der Waals surface area contributed by atoms with Crippen molar-refractivity contribution in [1.82, 2.24) is 9.97 Å². The number of fused-ring (bicyclic) bond motifs is 1. The molecule has 0 radical (unpaired) electrons. The summed E-state index contributed by atoms with van der Waals surface area (Å²) >= 11 is 0. The van der Waals surface area contributed by atoms with Crippen molar-refractivity contribution in [2.45, 2.75) is 20.8 Å². The highest BCUT2D eigenvalue weighted by atomic mass is 16.5. The van der Waals surface area contributed by atoms with E-state index < -0.39 is 0 Å². The van der Waals surface area contributed by atoms with E-state index >= 15 is 0 Å². The third kappa shape index (κ3) is 3.92. The topological polar surface area (TPSA) is 64.2 Å². The molecule has 1 N–H and O–H groups in total. The van der Waals surface area contributed by atoms with Crippen LogP contribution < -0.4 is 15.0 Å². The van der Waals surface area contributed by atoms with Gasteiger partial charge in [0.25, 0.3) is 5.56 Å². The van der Waals surface area contributed by atoms with Crippen LogP contribution >= 0.6 is 0 Å². The molecule has 0 saturated heterocycles. The monoisotopic (exact) mass is 402 g/mol. The summed E-state index contributed by atoms with van der Waals surface area (Å²) in [5, 5.41) is 1.79. The zero-order chi connectivity index (χ0) is 20.4. The van der Waals surface area contributed by atoms with Crippen LogP contribution in [0.1, 0.15) is 24.2 Å². The number of pyridine rings is 2. The predicted octanol–water partition coefficient (Wildman–Crippen LogP) is 5.14. The molecule has 0 fully saturated rings. The lowest BCUT2D eigenvalue weighted by molar-refractivity contribution is 0.356. The molecule has 0 aliphatic rings. The fourth-order valence-electron chi connectivity index (χ4n) is 3.63. The average molecular weight is 402 g/mol. The molecule has 4 rings (SSSR count). The van der Waals surface area contributed by atoms with Gasteiger partial charge in [0.1, 0.15) is 0 Å². The number of aromatic amines is 1. The molecule has 2 aromatic heterocycles. The number of nitrogens with zero attached hydrogens (tertiary/aromatic N) is 1. The first-order valence-electron chi connectivity index (χ1n) is 9.37. The van der Waals surface area contributed by atoms with Crippen molar-refractivity contribution in [2.24, 2.45) is 0 Å². The van der Waals surface area contributed by atoms with Crippen molar-refractivity contribution in [3.8, 4) is 22.6 Å². The average Bonchev–Trinajstić information content (AvgIpc) is 2.76. The molecule has 0 unspecified atom stereocenters. The van der Waals surface area contributed by atoms with Crippen molar-refractivity contribution in [3.63, 3.8) is 0 Å². The first-order valence-corrected chi connectivity index (χ1v) is 9.37.